The Balaban J connectivity index is 1.38. The molecular formula is C20H23N3O3. The summed E-state index contributed by atoms with van der Waals surface area (Å²) in [6.45, 7) is 4.11. The molecule has 1 aromatic heterocycles. The monoisotopic (exact) mass is 353 g/mol. The van der Waals surface area contributed by atoms with E-state index in [2.05, 4.69) is 33.3 Å². The van der Waals surface area contributed by atoms with Gasteiger partial charge in [0.1, 0.15) is 18.5 Å². The number of ether oxygens (including phenoxy) is 2. The third kappa shape index (κ3) is 4.04. The maximum atomic E-state index is 10.2. The first kappa shape index (κ1) is 17.0. The molecule has 0 radical (unpaired) electrons. The van der Waals surface area contributed by atoms with Crippen molar-refractivity contribution in [3.63, 3.8) is 0 Å². The molecule has 1 fully saturated rings. The van der Waals surface area contributed by atoms with Gasteiger partial charge in [0.2, 0.25) is 0 Å². The number of nitrogens with one attached hydrogen (secondary N) is 1. The van der Waals surface area contributed by atoms with E-state index in [4.69, 9.17) is 9.47 Å². The number of H-pyrrole nitrogens is 1. The van der Waals surface area contributed by atoms with Crippen molar-refractivity contribution in [2.75, 3.05) is 39.5 Å². The molecule has 1 atom stereocenters. The molecule has 0 saturated carbocycles. The fourth-order valence-electron chi connectivity index (χ4n) is 3.23. The Morgan fingerprint density at radius 3 is 2.73 bits per heavy atom. The Morgan fingerprint density at radius 1 is 1.12 bits per heavy atom. The molecule has 26 heavy (non-hydrogen) atoms. The van der Waals surface area contributed by atoms with Gasteiger partial charge in [-0.15, -0.1) is 0 Å². The van der Waals surface area contributed by atoms with Gasteiger partial charge in [-0.3, -0.25) is 10.00 Å². The predicted molar refractivity (Wildman–Crippen MR) is 100 cm³/mol. The minimum Gasteiger partial charge on any atom is -0.491 e. The fourth-order valence-corrected chi connectivity index (χ4v) is 3.23. The molecule has 0 bridgehead atoms. The molecule has 2 heterocycles. The minimum absolute atomic E-state index is 0.288. The maximum absolute atomic E-state index is 10.2. The molecule has 0 aliphatic carbocycles. The Labute approximate surface area is 152 Å². The second-order valence-corrected chi connectivity index (χ2v) is 6.59. The van der Waals surface area contributed by atoms with E-state index in [1.54, 1.807) is 0 Å². The summed E-state index contributed by atoms with van der Waals surface area (Å²) in [5, 5.41) is 19.3. The van der Waals surface area contributed by atoms with Crippen molar-refractivity contribution in [3.05, 3.63) is 48.8 Å². The number of nitrogens with zero attached hydrogens (tertiary/aromatic N) is 2. The van der Waals surface area contributed by atoms with E-state index < -0.39 is 6.10 Å². The molecular weight excluding hydrogens is 330 g/mol. The summed E-state index contributed by atoms with van der Waals surface area (Å²) in [4.78, 5) is 2.20. The molecule has 4 rings (SSSR count). The summed E-state index contributed by atoms with van der Waals surface area (Å²) in [6.07, 6.45) is 3.19. The van der Waals surface area contributed by atoms with Crippen LogP contribution in [0.25, 0.3) is 21.9 Å². The molecule has 0 spiro atoms. The van der Waals surface area contributed by atoms with Crippen LogP contribution in [0.15, 0.2) is 48.8 Å². The summed E-state index contributed by atoms with van der Waals surface area (Å²) >= 11 is 0. The first-order chi connectivity index (χ1) is 12.8. The lowest BCUT2D eigenvalue weighted by Crippen LogP contribution is -2.42. The zero-order valence-corrected chi connectivity index (χ0v) is 14.6. The van der Waals surface area contributed by atoms with Crippen LogP contribution in [0, 0.1) is 0 Å². The van der Waals surface area contributed by atoms with Crippen LogP contribution in [-0.2, 0) is 4.74 Å². The molecule has 1 saturated heterocycles. The molecule has 2 N–H and O–H groups in total. The van der Waals surface area contributed by atoms with Crippen molar-refractivity contribution in [2.24, 2.45) is 0 Å². The zero-order chi connectivity index (χ0) is 17.8. The lowest BCUT2D eigenvalue weighted by molar-refractivity contribution is 0.00467. The first-order valence-corrected chi connectivity index (χ1v) is 8.92. The normalized spacial score (nSPS) is 16.7. The molecule has 6 heteroatoms. The van der Waals surface area contributed by atoms with E-state index in [1.807, 2.05) is 30.6 Å². The molecule has 136 valence electrons. The van der Waals surface area contributed by atoms with Crippen molar-refractivity contribution in [2.45, 2.75) is 6.10 Å². The average molecular weight is 353 g/mol. The number of aromatic amines is 1. The van der Waals surface area contributed by atoms with Crippen LogP contribution in [0.2, 0.25) is 0 Å². The fraction of sp³-hybridized carbons (Fsp3) is 0.350. The van der Waals surface area contributed by atoms with Crippen LogP contribution in [-0.4, -0.2) is 65.8 Å². The van der Waals surface area contributed by atoms with Gasteiger partial charge in [0.15, 0.2) is 0 Å². The van der Waals surface area contributed by atoms with Gasteiger partial charge in [0, 0.05) is 31.4 Å². The molecule has 1 aliphatic heterocycles. The lowest BCUT2D eigenvalue weighted by Gasteiger charge is -2.28. The highest BCUT2D eigenvalue weighted by molar-refractivity contribution is 5.88. The van der Waals surface area contributed by atoms with Crippen LogP contribution < -0.4 is 4.74 Å². The standard InChI is InChI=1S/C20H23N3O3/c24-19(13-23-5-7-25-8-6-23)14-26-20-4-3-15-9-16(1-2-17(15)10-20)18-11-21-22-12-18/h1-4,9-12,19,24H,5-8,13-14H2,(H,21,22). The van der Waals surface area contributed by atoms with E-state index in [0.717, 1.165) is 54.0 Å². The quantitative estimate of drug-likeness (QED) is 0.712. The van der Waals surface area contributed by atoms with Gasteiger partial charge in [0.25, 0.3) is 0 Å². The van der Waals surface area contributed by atoms with Gasteiger partial charge >= 0.3 is 0 Å². The largest absolute Gasteiger partial charge is 0.491 e. The Kier molecular flexibility index (Phi) is 5.15. The van der Waals surface area contributed by atoms with E-state index >= 15 is 0 Å². The average Bonchev–Trinajstić information content (AvgIpc) is 3.21. The number of aliphatic hydroxyl groups is 1. The molecule has 6 nitrogen and oxygen atoms in total. The topological polar surface area (TPSA) is 70.6 Å². The second kappa shape index (κ2) is 7.86. The molecule has 1 unspecified atom stereocenters. The predicted octanol–water partition coefficient (Wildman–Crippen LogP) is 2.30. The van der Waals surface area contributed by atoms with E-state index in [1.165, 1.54) is 0 Å². The van der Waals surface area contributed by atoms with Crippen molar-refractivity contribution < 1.29 is 14.6 Å². The van der Waals surface area contributed by atoms with Crippen LogP contribution in [0.4, 0.5) is 0 Å². The molecule has 0 amide bonds. The number of aliphatic hydroxyl groups excluding tert-OH is 1. The van der Waals surface area contributed by atoms with Gasteiger partial charge in [0.05, 0.1) is 19.4 Å². The summed E-state index contributed by atoms with van der Waals surface area (Å²) in [7, 11) is 0. The minimum atomic E-state index is -0.507. The van der Waals surface area contributed by atoms with E-state index in [-0.39, 0.29) is 6.61 Å². The second-order valence-electron chi connectivity index (χ2n) is 6.59. The number of hydrogen-bond acceptors (Lipinski definition) is 5. The molecule has 2 aromatic carbocycles. The number of benzene rings is 2. The van der Waals surface area contributed by atoms with Crippen LogP contribution in [0.1, 0.15) is 0 Å². The highest BCUT2D eigenvalue weighted by Gasteiger charge is 2.15. The molecule has 1 aliphatic rings. The Morgan fingerprint density at radius 2 is 1.92 bits per heavy atom. The zero-order valence-electron chi connectivity index (χ0n) is 14.6. The highest BCUT2D eigenvalue weighted by atomic mass is 16.5. The number of aromatic nitrogens is 2. The smallest absolute Gasteiger partial charge is 0.120 e. The van der Waals surface area contributed by atoms with Gasteiger partial charge in [-0.1, -0.05) is 18.2 Å². The molecule has 3 aromatic rings. The third-order valence-corrected chi connectivity index (χ3v) is 4.66. The first-order valence-electron chi connectivity index (χ1n) is 8.92. The number of morpholine rings is 1. The Hall–Kier alpha value is -2.41. The van der Waals surface area contributed by atoms with Gasteiger partial charge < -0.3 is 14.6 Å². The summed E-state index contributed by atoms with van der Waals surface area (Å²) in [5.74, 6) is 0.773. The van der Waals surface area contributed by atoms with Crippen LogP contribution in [0.3, 0.4) is 0 Å². The van der Waals surface area contributed by atoms with Gasteiger partial charge in [-0.25, -0.2) is 0 Å². The summed E-state index contributed by atoms with van der Waals surface area (Å²) in [5.41, 5.74) is 2.19. The lowest BCUT2D eigenvalue weighted by atomic mass is 10.0. The van der Waals surface area contributed by atoms with Crippen LogP contribution in [0.5, 0.6) is 5.75 Å². The van der Waals surface area contributed by atoms with E-state index in [9.17, 15) is 5.11 Å². The van der Waals surface area contributed by atoms with Crippen LogP contribution >= 0.6 is 0 Å². The van der Waals surface area contributed by atoms with Gasteiger partial charge in [-0.2, -0.15) is 5.10 Å². The van der Waals surface area contributed by atoms with Crippen molar-refractivity contribution in [3.8, 4) is 16.9 Å². The van der Waals surface area contributed by atoms with Crippen molar-refractivity contribution >= 4 is 10.8 Å². The number of rotatable bonds is 6. The Bertz CT molecular complexity index is 845. The SMILES string of the molecule is OC(COc1ccc2cc(-c3cn[nH]c3)ccc2c1)CN1CCOCC1. The summed E-state index contributed by atoms with van der Waals surface area (Å²) in [6, 6.07) is 12.3. The highest BCUT2D eigenvalue weighted by Crippen LogP contribution is 2.26. The van der Waals surface area contributed by atoms with E-state index in [0.29, 0.717) is 6.54 Å². The number of fused-ring (bicyclic) bond motifs is 1. The third-order valence-electron chi connectivity index (χ3n) is 4.66. The van der Waals surface area contributed by atoms with Gasteiger partial charge in [-0.05, 0) is 34.5 Å². The maximum Gasteiger partial charge on any atom is 0.120 e. The summed E-state index contributed by atoms with van der Waals surface area (Å²) < 4.78 is 11.1. The van der Waals surface area contributed by atoms with Crippen molar-refractivity contribution in [1.82, 2.24) is 15.1 Å². The van der Waals surface area contributed by atoms with Crippen molar-refractivity contribution in [1.29, 1.82) is 0 Å². The number of β-amino-alcohol motifs (C(OH)–C–C–N with tert-alkyl or cyclic N) is 1. The number of hydrogen-bond donors (Lipinski definition) is 2.